The number of nitrogens with one attached hydrogen (secondary N) is 1. The zero-order chi connectivity index (χ0) is 13.8. The number of benzene rings is 2. The molecule has 3 aromatic rings. The van der Waals surface area contributed by atoms with Crippen LogP contribution < -0.4 is 5.32 Å². The first-order valence-corrected chi connectivity index (χ1v) is 6.58. The van der Waals surface area contributed by atoms with Gasteiger partial charge in [0.05, 0.1) is 23.8 Å². The van der Waals surface area contributed by atoms with Crippen LogP contribution in [0.2, 0.25) is 0 Å². The van der Waals surface area contributed by atoms with Gasteiger partial charge in [0.15, 0.2) is 0 Å². The van der Waals surface area contributed by atoms with E-state index in [2.05, 4.69) is 46.8 Å². The lowest BCUT2D eigenvalue weighted by atomic mass is 10.1. The molecule has 1 N–H and O–H groups in total. The molecule has 3 rings (SSSR count). The summed E-state index contributed by atoms with van der Waals surface area (Å²) < 4.78 is 1.76. The summed E-state index contributed by atoms with van der Waals surface area (Å²) in [5.41, 5.74) is 4.57. The number of hydrogen-bond donors (Lipinski definition) is 1. The molecule has 1 aromatic heterocycles. The molecule has 20 heavy (non-hydrogen) atoms. The van der Waals surface area contributed by atoms with Crippen LogP contribution in [-0.2, 0) is 6.54 Å². The van der Waals surface area contributed by atoms with Gasteiger partial charge in [-0.1, -0.05) is 47.2 Å². The van der Waals surface area contributed by atoms with Crippen molar-refractivity contribution < 1.29 is 0 Å². The van der Waals surface area contributed by atoms with Gasteiger partial charge in [0.1, 0.15) is 0 Å². The summed E-state index contributed by atoms with van der Waals surface area (Å²) in [6.45, 7) is 2.88. The Morgan fingerprint density at radius 2 is 1.85 bits per heavy atom. The molecule has 1 heterocycles. The molecule has 0 saturated heterocycles. The Kier molecular flexibility index (Phi) is 3.46. The van der Waals surface area contributed by atoms with Crippen molar-refractivity contribution in [2.75, 3.05) is 5.32 Å². The number of anilines is 1. The molecular formula is C16H16N4. The standard InChI is InChI=1S/C16H16N4/c1-13-6-8-14(9-7-13)12-17-15-4-2-3-5-16(15)20-11-10-18-19-20/h2-11,17H,12H2,1H3. The van der Waals surface area contributed by atoms with Crippen LogP contribution in [0, 0.1) is 6.92 Å². The van der Waals surface area contributed by atoms with E-state index in [4.69, 9.17) is 0 Å². The minimum Gasteiger partial charge on any atom is -0.379 e. The highest BCUT2D eigenvalue weighted by molar-refractivity contribution is 5.60. The molecule has 2 aromatic carbocycles. The molecule has 0 aliphatic heterocycles. The Morgan fingerprint density at radius 1 is 1.05 bits per heavy atom. The van der Waals surface area contributed by atoms with Gasteiger partial charge in [-0.05, 0) is 24.6 Å². The van der Waals surface area contributed by atoms with Gasteiger partial charge in [0.2, 0.25) is 0 Å². The molecule has 0 bridgehead atoms. The minimum absolute atomic E-state index is 0.784. The second-order valence-corrected chi connectivity index (χ2v) is 4.70. The lowest BCUT2D eigenvalue weighted by Gasteiger charge is -2.11. The van der Waals surface area contributed by atoms with E-state index in [1.54, 1.807) is 10.9 Å². The van der Waals surface area contributed by atoms with Crippen molar-refractivity contribution >= 4 is 5.69 Å². The normalized spacial score (nSPS) is 10.4. The number of rotatable bonds is 4. The van der Waals surface area contributed by atoms with E-state index in [1.807, 2.05) is 30.5 Å². The fourth-order valence-electron chi connectivity index (χ4n) is 2.06. The van der Waals surface area contributed by atoms with Crippen LogP contribution in [0.1, 0.15) is 11.1 Å². The molecule has 0 aliphatic carbocycles. The molecule has 0 fully saturated rings. The largest absolute Gasteiger partial charge is 0.379 e. The third-order valence-electron chi connectivity index (χ3n) is 3.18. The third-order valence-corrected chi connectivity index (χ3v) is 3.18. The van der Waals surface area contributed by atoms with Gasteiger partial charge in [-0.15, -0.1) is 5.10 Å². The van der Waals surface area contributed by atoms with Crippen molar-refractivity contribution in [2.24, 2.45) is 0 Å². The van der Waals surface area contributed by atoms with Crippen LogP contribution in [-0.4, -0.2) is 15.0 Å². The topological polar surface area (TPSA) is 42.7 Å². The van der Waals surface area contributed by atoms with E-state index in [1.165, 1.54) is 11.1 Å². The van der Waals surface area contributed by atoms with E-state index in [0.717, 1.165) is 17.9 Å². The lowest BCUT2D eigenvalue weighted by molar-refractivity contribution is 0.803. The highest BCUT2D eigenvalue weighted by atomic mass is 15.4. The molecule has 0 amide bonds. The Bertz CT molecular complexity index is 672. The Morgan fingerprint density at radius 3 is 2.60 bits per heavy atom. The van der Waals surface area contributed by atoms with Crippen LogP contribution >= 0.6 is 0 Å². The molecule has 0 saturated carbocycles. The van der Waals surface area contributed by atoms with Crippen LogP contribution in [0.4, 0.5) is 5.69 Å². The highest BCUT2D eigenvalue weighted by Crippen LogP contribution is 2.19. The van der Waals surface area contributed by atoms with Crippen LogP contribution in [0.25, 0.3) is 5.69 Å². The first kappa shape index (κ1) is 12.4. The SMILES string of the molecule is Cc1ccc(CNc2ccccc2-n2ccnn2)cc1. The molecule has 4 nitrogen and oxygen atoms in total. The molecule has 0 unspecified atom stereocenters. The second kappa shape index (κ2) is 5.57. The van der Waals surface area contributed by atoms with E-state index in [0.29, 0.717) is 0 Å². The van der Waals surface area contributed by atoms with E-state index >= 15 is 0 Å². The quantitative estimate of drug-likeness (QED) is 0.787. The first-order chi connectivity index (χ1) is 9.83. The number of nitrogens with zero attached hydrogens (tertiary/aromatic N) is 3. The smallest absolute Gasteiger partial charge is 0.0894 e. The second-order valence-electron chi connectivity index (χ2n) is 4.70. The molecule has 0 atom stereocenters. The van der Waals surface area contributed by atoms with Gasteiger partial charge in [0.25, 0.3) is 0 Å². The first-order valence-electron chi connectivity index (χ1n) is 6.58. The summed E-state index contributed by atoms with van der Waals surface area (Å²) in [6.07, 6.45) is 3.52. The van der Waals surface area contributed by atoms with Crippen LogP contribution in [0.3, 0.4) is 0 Å². The molecular weight excluding hydrogens is 248 g/mol. The van der Waals surface area contributed by atoms with Gasteiger partial charge in [-0.2, -0.15) is 0 Å². The summed E-state index contributed by atoms with van der Waals surface area (Å²) in [5.74, 6) is 0. The number of aryl methyl sites for hydroxylation is 1. The fourth-order valence-corrected chi connectivity index (χ4v) is 2.06. The molecule has 100 valence electrons. The Balaban J connectivity index is 1.79. The zero-order valence-electron chi connectivity index (χ0n) is 11.3. The highest BCUT2D eigenvalue weighted by Gasteiger charge is 2.04. The van der Waals surface area contributed by atoms with Crippen molar-refractivity contribution in [3.05, 3.63) is 72.1 Å². The predicted octanol–water partition coefficient (Wildman–Crippen LogP) is 3.19. The van der Waals surface area contributed by atoms with Crippen LogP contribution in [0.15, 0.2) is 60.9 Å². The summed E-state index contributed by atoms with van der Waals surface area (Å²) in [7, 11) is 0. The fraction of sp³-hybridized carbons (Fsp3) is 0.125. The van der Waals surface area contributed by atoms with E-state index in [9.17, 15) is 0 Å². The molecule has 0 aliphatic rings. The van der Waals surface area contributed by atoms with Crippen molar-refractivity contribution in [1.29, 1.82) is 0 Å². The Hall–Kier alpha value is -2.62. The summed E-state index contributed by atoms with van der Waals surface area (Å²) in [6, 6.07) is 16.6. The number of aromatic nitrogens is 3. The maximum atomic E-state index is 4.04. The van der Waals surface area contributed by atoms with Crippen molar-refractivity contribution in [3.8, 4) is 5.69 Å². The van der Waals surface area contributed by atoms with Crippen molar-refractivity contribution in [1.82, 2.24) is 15.0 Å². The minimum atomic E-state index is 0.784. The predicted molar refractivity (Wildman–Crippen MR) is 79.9 cm³/mol. The maximum Gasteiger partial charge on any atom is 0.0894 e. The number of para-hydroxylation sites is 2. The Labute approximate surface area is 118 Å². The van der Waals surface area contributed by atoms with E-state index < -0.39 is 0 Å². The van der Waals surface area contributed by atoms with Gasteiger partial charge in [0, 0.05) is 6.54 Å². The van der Waals surface area contributed by atoms with Gasteiger partial charge in [-0.25, -0.2) is 4.68 Å². The zero-order valence-corrected chi connectivity index (χ0v) is 11.3. The average molecular weight is 264 g/mol. The van der Waals surface area contributed by atoms with E-state index in [-0.39, 0.29) is 0 Å². The number of hydrogen-bond acceptors (Lipinski definition) is 3. The van der Waals surface area contributed by atoms with Crippen molar-refractivity contribution in [3.63, 3.8) is 0 Å². The summed E-state index contributed by atoms with van der Waals surface area (Å²) in [4.78, 5) is 0. The van der Waals surface area contributed by atoms with Crippen molar-refractivity contribution in [2.45, 2.75) is 13.5 Å². The summed E-state index contributed by atoms with van der Waals surface area (Å²) >= 11 is 0. The molecule has 0 radical (unpaired) electrons. The summed E-state index contributed by atoms with van der Waals surface area (Å²) in [5, 5.41) is 11.3. The maximum absolute atomic E-state index is 4.04. The van der Waals surface area contributed by atoms with Gasteiger partial charge >= 0.3 is 0 Å². The monoisotopic (exact) mass is 264 g/mol. The van der Waals surface area contributed by atoms with Crippen LogP contribution in [0.5, 0.6) is 0 Å². The average Bonchev–Trinajstić information content (AvgIpc) is 3.01. The molecule has 4 heteroatoms. The molecule has 0 spiro atoms. The van der Waals surface area contributed by atoms with Gasteiger partial charge < -0.3 is 5.32 Å². The third kappa shape index (κ3) is 2.69. The lowest BCUT2D eigenvalue weighted by Crippen LogP contribution is -2.05. The van der Waals surface area contributed by atoms with Gasteiger partial charge in [-0.3, -0.25) is 0 Å².